The zero-order chi connectivity index (χ0) is 26.0. The molecule has 9 nitrogen and oxygen atoms in total. The highest BCUT2D eigenvalue weighted by molar-refractivity contribution is 7.17. The van der Waals surface area contributed by atoms with Gasteiger partial charge in [-0.05, 0) is 62.8 Å². The quantitative estimate of drug-likeness (QED) is 0.454. The Morgan fingerprint density at radius 3 is 2.42 bits per heavy atom. The fraction of sp³-hybridized carbons (Fsp3) is 0.360. The summed E-state index contributed by atoms with van der Waals surface area (Å²) in [4.78, 5) is 54.6. The van der Waals surface area contributed by atoms with E-state index in [-0.39, 0.29) is 18.1 Å². The van der Waals surface area contributed by atoms with Crippen LogP contribution in [0.25, 0.3) is 5.00 Å². The molecular formula is C25H28N4O5S2. The second-order valence-corrected chi connectivity index (χ2v) is 10.7. The zero-order valence-corrected chi connectivity index (χ0v) is 22.2. The molecule has 4 amide bonds. The summed E-state index contributed by atoms with van der Waals surface area (Å²) in [5, 5.41) is 5.99. The number of aryl methyl sites for hydroxylation is 1. The number of urea groups is 1. The number of imide groups is 1. The van der Waals surface area contributed by atoms with Crippen molar-refractivity contribution in [1.82, 2.24) is 14.8 Å². The Balaban J connectivity index is 1.62. The highest BCUT2D eigenvalue weighted by atomic mass is 32.1. The van der Waals surface area contributed by atoms with Gasteiger partial charge in [-0.15, -0.1) is 22.7 Å². The van der Waals surface area contributed by atoms with Crippen LogP contribution < -0.4 is 10.6 Å². The van der Waals surface area contributed by atoms with Crippen LogP contribution in [0.1, 0.15) is 66.2 Å². The molecule has 0 atom stereocenters. The first kappa shape index (κ1) is 25.6. The van der Waals surface area contributed by atoms with Gasteiger partial charge in [0.05, 0.1) is 22.6 Å². The van der Waals surface area contributed by atoms with Crippen molar-refractivity contribution in [3.05, 3.63) is 56.5 Å². The minimum atomic E-state index is -0.756. The lowest BCUT2D eigenvalue weighted by atomic mass is 9.95. The maximum absolute atomic E-state index is 13.3. The monoisotopic (exact) mass is 528 g/mol. The van der Waals surface area contributed by atoms with Crippen LogP contribution in [-0.2, 0) is 17.6 Å². The number of ether oxygens (including phenoxy) is 1. The zero-order valence-electron chi connectivity index (χ0n) is 20.6. The van der Waals surface area contributed by atoms with E-state index < -0.39 is 17.9 Å². The summed E-state index contributed by atoms with van der Waals surface area (Å²) in [7, 11) is 3.29. The Kier molecular flexibility index (Phi) is 7.60. The molecule has 1 aliphatic rings. The van der Waals surface area contributed by atoms with E-state index >= 15 is 0 Å². The Morgan fingerprint density at radius 2 is 1.75 bits per heavy atom. The summed E-state index contributed by atoms with van der Waals surface area (Å²) in [5.41, 5.74) is 2.03. The fourth-order valence-electron chi connectivity index (χ4n) is 4.20. The Bertz CT molecular complexity index is 1320. The van der Waals surface area contributed by atoms with Gasteiger partial charge in [-0.2, -0.15) is 0 Å². The van der Waals surface area contributed by atoms with E-state index in [1.54, 1.807) is 44.9 Å². The third-order valence-corrected chi connectivity index (χ3v) is 8.40. The first-order chi connectivity index (χ1) is 17.2. The summed E-state index contributed by atoms with van der Waals surface area (Å²) in [6.45, 7) is 3.65. The van der Waals surface area contributed by atoms with Crippen LogP contribution in [0.5, 0.6) is 0 Å². The Labute approximate surface area is 217 Å². The first-order valence-electron chi connectivity index (χ1n) is 11.6. The van der Waals surface area contributed by atoms with Crippen molar-refractivity contribution in [2.24, 2.45) is 0 Å². The molecule has 1 aliphatic carbocycles. The lowest BCUT2D eigenvalue weighted by Gasteiger charge is -2.12. The maximum Gasteiger partial charge on any atom is 0.341 e. The smallest absolute Gasteiger partial charge is 0.341 e. The van der Waals surface area contributed by atoms with Gasteiger partial charge in [-0.1, -0.05) is 0 Å². The largest absolute Gasteiger partial charge is 0.462 e. The lowest BCUT2D eigenvalue weighted by Crippen LogP contribution is -2.35. The number of thiophene rings is 2. The van der Waals surface area contributed by atoms with Crippen LogP contribution in [0.3, 0.4) is 0 Å². The molecular weight excluding hydrogens is 500 g/mol. The van der Waals surface area contributed by atoms with E-state index in [0.717, 1.165) is 36.1 Å². The minimum Gasteiger partial charge on any atom is -0.462 e. The Morgan fingerprint density at radius 1 is 1.06 bits per heavy atom. The number of aromatic nitrogens is 1. The molecule has 0 fully saturated rings. The van der Waals surface area contributed by atoms with E-state index in [1.165, 1.54) is 27.6 Å². The van der Waals surface area contributed by atoms with Gasteiger partial charge in [0.25, 0.3) is 11.8 Å². The fourth-order valence-corrected chi connectivity index (χ4v) is 6.76. The second-order valence-electron chi connectivity index (χ2n) is 8.57. The van der Waals surface area contributed by atoms with Gasteiger partial charge in [0.2, 0.25) is 0 Å². The predicted octanol–water partition coefficient (Wildman–Crippen LogP) is 4.63. The molecule has 3 aromatic heterocycles. The molecule has 3 aromatic rings. The van der Waals surface area contributed by atoms with E-state index in [2.05, 4.69) is 10.6 Å². The van der Waals surface area contributed by atoms with Crippen LogP contribution in [-0.4, -0.2) is 54.0 Å². The van der Waals surface area contributed by atoms with Crippen molar-refractivity contribution in [2.45, 2.75) is 39.5 Å². The molecule has 0 aromatic carbocycles. The van der Waals surface area contributed by atoms with Crippen LogP contribution in [0.4, 0.5) is 9.80 Å². The number of hydrogen-bond donors (Lipinski definition) is 2. The summed E-state index contributed by atoms with van der Waals surface area (Å²) >= 11 is 2.54. The number of hydrogen-bond acceptors (Lipinski definition) is 7. The third kappa shape index (κ3) is 4.93. The molecule has 0 spiro atoms. The van der Waals surface area contributed by atoms with Crippen molar-refractivity contribution in [3.63, 3.8) is 0 Å². The van der Waals surface area contributed by atoms with Crippen molar-refractivity contribution in [1.29, 1.82) is 0 Å². The van der Waals surface area contributed by atoms with Crippen molar-refractivity contribution < 1.29 is 23.9 Å². The molecule has 0 bridgehead atoms. The summed E-state index contributed by atoms with van der Waals surface area (Å²) in [5.74, 6) is -1.34. The highest BCUT2D eigenvalue weighted by Crippen LogP contribution is 2.38. The average Bonchev–Trinajstić information content (AvgIpc) is 3.55. The molecule has 3 heterocycles. The van der Waals surface area contributed by atoms with Gasteiger partial charge in [0, 0.05) is 31.4 Å². The van der Waals surface area contributed by atoms with Gasteiger partial charge in [-0.3, -0.25) is 20.2 Å². The van der Waals surface area contributed by atoms with E-state index in [4.69, 9.17) is 4.74 Å². The van der Waals surface area contributed by atoms with Crippen LogP contribution >= 0.6 is 22.7 Å². The summed E-state index contributed by atoms with van der Waals surface area (Å²) in [6, 6.07) is 2.87. The molecule has 190 valence electrons. The highest BCUT2D eigenvalue weighted by Gasteiger charge is 2.30. The average molecular weight is 529 g/mol. The lowest BCUT2D eigenvalue weighted by molar-refractivity contribution is 0.0526. The minimum absolute atomic E-state index is 0.223. The van der Waals surface area contributed by atoms with E-state index in [9.17, 15) is 19.2 Å². The number of carbonyl (C=O) groups is 4. The number of esters is 1. The van der Waals surface area contributed by atoms with Crippen molar-refractivity contribution in [2.75, 3.05) is 26.0 Å². The standard InChI is InChI=1S/C25H28N4O5S2/c1-5-34-24(32)18-15-10-6-7-11-16(15)35-21(18)27-25(33)26-20(30)17-14(2)19(22(31)28(3)4)36-23(17)29-12-8-9-13-29/h8-9,12-13H,5-7,10-11H2,1-4H3,(H2,26,27,30,33). The molecule has 36 heavy (non-hydrogen) atoms. The number of rotatable bonds is 6. The molecule has 0 aliphatic heterocycles. The molecule has 0 radical (unpaired) electrons. The normalized spacial score (nSPS) is 12.6. The number of carbonyl (C=O) groups excluding carboxylic acids is 4. The van der Waals surface area contributed by atoms with Gasteiger partial charge in [0.1, 0.15) is 10.0 Å². The van der Waals surface area contributed by atoms with Crippen molar-refractivity contribution in [3.8, 4) is 5.00 Å². The molecule has 2 N–H and O–H groups in total. The van der Waals surface area contributed by atoms with Crippen molar-refractivity contribution >= 4 is 51.5 Å². The topological polar surface area (TPSA) is 110 Å². The molecule has 4 rings (SSSR count). The number of anilines is 1. The third-order valence-electron chi connectivity index (χ3n) is 5.90. The summed E-state index contributed by atoms with van der Waals surface area (Å²) in [6.07, 6.45) is 7.12. The van der Waals surface area contributed by atoms with Gasteiger partial charge in [-0.25, -0.2) is 9.59 Å². The van der Waals surface area contributed by atoms with Crippen LogP contribution in [0.15, 0.2) is 24.5 Å². The van der Waals surface area contributed by atoms with Gasteiger partial charge >= 0.3 is 12.0 Å². The summed E-state index contributed by atoms with van der Waals surface area (Å²) < 4.78 is 6.97. The SMILES string of the molecule is CCOC(=O)c1c(NC(=O)NC(=O)c2c(-n3cccc3)sc(C(=O)N(C)C)c2C)sc2c1CCCC2. The maximum atomic E-state index is 13.3. The first-order valence-corrected chi connectivity index (χ1v) is 13.3. The molecule has 0 saturated heterocycles. The second kappa shape index (κ2) is 10.7. The number of fused-ring (bicyclic) bond motifs is 1. The Hall–Kier alpha value is -3.44. The van der Waals surface area contributed by atoms with Crippen LogP contribution in [0, 0.1) is 6.92 Å². The number of nitrogens with one attached hydrogen (secondary N) is 2. The molecule has 0 saturated carbocycles. The molecule has 11 heteroatoms. The van der Waals surface area contributed by atoms with E-state index in [0.29, 0.717) is 26.0 Å². The molecule has 0 unspecified atom stereocenters. The predicted molar refractivity (Wildman–Crippen MR) is 140 cm³/mol. The van der Waals surface area contributed by atoms with Gasteiger partial charge < -0.3 is 14.2 Å². The number of amides is 4. The van der Waals surface area contributed by atoms with E-state index in [1.807, 2.05) is 12.1 Å². The number of nitrogens with zero attached hydrogens (tertiary/aromatic N) is 2. The van der Waals surface area contributed by atoms with Gasteiger partial charge in [0.15, 0.2) is 0 Å². The van der Waals surface area contributed by atoms with Crippen LogP contribution in [0.2, 0.25) is 0 Å².